The molecule has 0 spiro atoms. The molecule has 1 aliphatic rings. The lowest BCUT2D eigenvalue weighted by Crippen LogP contribution is -2.47. The Morgan fingerprint density at radius 2 is 2.00 bits per heavy atom. The molecule has 1 aromatic rings. The maximum Gasteiger partial charge on any atom is 0.325 e. The van der Waals surface area contributed by atoms with E-state index in [1.165, 1.54) is 12.0 Å². The number of urea groups is 1. The normalized spacial score (nSPS) is 22.3. The number of methoxy groups -OCH3 is 1. The summed E-state index contributed by atoms with van der Waals surface area (Å²) in [7, 11) is 1.51. The van der Waals surface area contributed by atoms with Gasteiger partial charge in [0.15, 0.2) is 0 Å². The van der Waals surface area contributed by atoms with Gasteiger partial charge in [-0.05, 0) is 31.9 Å². The lowest BCUT2D eigenvalue weighted by Gasteiger charge is -2.20. The first kappa shape index (κ1) is 14.5. The third-order valence-corrected chi connectivity index (χ3v) is 3.61. The monoisotopic (exact) mass is 276 g/mol. The average molecular weight is 276 g/mol. The molecule has 1 saturated heterocycles. The molecule has 0 aliphatic carbocycles. The van der Waals surface area contributed by atoms with Crippen molar-refractivity contribution in [3.63, 3.8) is 0 Å². The average Bonchev–Trinajstić information content (AvgIpc) is 2.58. The highest BCUT2D eigenvalue weighted by Gasteiger charge is 2.47. The van der Waals surface area contributed by atoms with Gasteiger partial charge in [0, 0.05) is 7.11 Å². The van der Waals surface area contributed by atoms with Crippen LogP contribution in [0.15, 0.2) is 18.2 Å². The second kappa shape index (κ2) is 5.25. The minimum absolute atomic E-state index is 0.168. The fourth-order valence-electron chi connectivity index (χ4n) is 2.42. The van der Waals surface area contributed by atoms with E-state index < -0.39 is 5.54 Å². The molecule has 1 aromatic carbocycles. The summed E-state index contributed by atoms with van der Waals surface area (Å²) < 4.78 is 5.03. The van der Waals surface area contributed by atoms with Crippen LogP contribution in [0.1, 0.15) is 23.6 Å². The van der Waals surface area contributed by atoms with Gasteiger partial charge in [0.1, 0.15) is 5.54 Å². The number of ether oxygens (including phenoxy) is 1. The van der Waals surface area contributed by atoms with E-state index in [2.05, 4.69) is 5.32 Å². The first-order valence-electron chi connectivity index (χ1n) is 6.56. The number of amides is 3. The summed E-state index contributed by atoms with van der Waals surface area (Å²) in [6.45, 7) is 6.10. The zero-order chi connectivity index (χ0) is 14.9. The van der Waals surface area contributed by atoms with Crippen molar-refractivity contribution in [2.24, 2.45) is 0 Å². The van der Waals surface area contributed by atoms with E-state index in [1.807, 2.05) is 32.0 Å². The Kier molecular flexibility index (Phi) is 3.81. The highest BCUT2D eigenvalue weighted by Crippen LogP contribution is 2.22. The molecule has 0 radical (unpaired) electrons. The van der Waals surface area contributed by atoms with Crippen molar-refractivity contribution in [1.82, 2.24) is 10.2 Å². The van der Waals surface area contributed by atoms with E-state index in [9.17, 15) is 9.59 Å². The van der Waals surface area contributed by atoms with E-state index in [4.69, 9.17) is 4.74 Å². The molecule has 3 amide bonds. The van der Waals surface area contributed by atoms with E-state index >= 15 is 0 Å². The van der Waals surface area contributed by atoms with E-state index in [1.54, 1.807) is 6.92 Å². The molecule has 0 saturated carbocycles. The number of benzene rings is 1. The van der Waals surface area contributed by atoms with E-state index in [0.29, 0.717) is 0 Å². The predicted molar refractivity (Wildman–Crippen MR) is 75.3 cm³/mol. The highest BCUT2D eigenvalue weighted by molar-refractivity contribution is 6.06. The number of rotatable bonds is 4. The van der Waals surface area contributed by atoms with Crippen LogP contribution < -0.4 is 5.32 Å². The Hall–Kier alpha value is -1.88. The minimum Gasteiger partial charge on any atom is -0.382 e. The van der Waals surface area contributed by atoms with Crippen molar-refractivity contribution >= 4 is 11.9 Å². The lowest BCUT2D eigenvalue weighted by atomic mass is 10.0. The number of hydrogen-bond acceptors (Lipinski definition) is 3. The number of aryl methyl sites for hydroxylation is 2. The fourth-order valence-corrected chi connectivity index (χ4v) is 2.42. The van der Waals surface area contributed by atoms with Gasteiger partial charge < -0.3 is 10.1 Å². The Morgan fingerprint density at radius 1 is 1.30 bits per heavy atom. The smallest absolute Gasteiger partial charge is 0.325 e. The predicted octanol–water partition coefficient (Wildman–Crippen LogP) is 1.76. The first-order chi connectivity index (χ1) is 9.37. The molecule has 5 heteroatoms. The van der Waals surface area contributed by atoms with Gasteiger partial charge in [0.25, 0.3) is 5.91 Å². The van der Waals surface area contributed by atoms with Crippen LogP contribution in [0.2, 0.25) is 0 Å². The summed E-state index contributed by atoms with van der Waals surface area (Å²) >= 11 is 0. The minimum atomic E-state index is -0.969. The maximum absolute atomic E-state index is 12.4. The summed E-state index contributed by atoms with van der Waals surface area (Å²) in [5.74, 6) is -0.245. The van der Waals surface area contributed by atoms with Gasteiger partial charge in [-0.25, -0.2) is 4.79 Å². The van der Waals surface area contributed by atoms with Crippen molar-refractivity contribution in [2.45, 2.75) is 32.9 Å². The Morgan fingerprint density at radius 3 is 2.65 bits per heavy atom. The largest absolute Gasteiger partial charge is 0.382 e. The van der Waals surface area contributed by atoms with E-state index in [-0.39, 0.29) is 25.1 Å². The molecule has 5 nitrogen and oxygen atoms in total. The molecule has 0 unspecified atom stereocenters. The molecule has 1 fully saturated rings. The topological polar surface area (TPSA) is 58.6 Å². The van der Waals surface area contributed by atoms with Gasteiger partial charge in [0.05, 0.1) is 13.2 Å². The van der Waals surface area contributed by atoms with E-state index in [0.717, 1.165) is 16.7 Å². The van der Waals surface area contributed by atoms with Crippen molar-refractivity contribution in [1.29, 1.82) is 0 Å². The second-order valence-corrected chi connectivity index (χ2v) is 5.52. The number of imide groups is 1. The molecular weight excluding hydrogens is 256 g/mol. The molecule has 1 atom stereocenters. The van der Waals surface area contributed by atoms with Gasteiger partial charge >= 0.3 is 6.03 Å². The summed E-state index contributed by atoms with van der Waals surface area (Å²) in [5.41, 5.74) is 2.19. The standard InChI is InChI=1S/C15H20N2O3/c1-10-5-6-11(2)12(7-10)8-17-13(18)15(3,9-20-4)16-14(17)19/h5-7H,8-9H2,1-4H3,(H,16,19)/t15-/m0/s1. The van der Waals surface area contributed by atoms with Crippen molar-refractivity contribution < 1.29 is 14.3 Å². The summed E-state index contributed by atoms with van der Waals surface area (Å²) in [6, 6.07) is 5.65. The number of hydrogen-bond donors (Lipinski definition) is 1. The molecular formula is C15H20N2O3. The fraction of sp³-hybridized carbons (Fsp3) is 0.467. The summed E-state index contributed by atoms with van der Waals surface area (Å²) in [5, 5.41) is 2.70. The third-order valence-electron chi connectivity index (χ3n) is 3.61. The highest BCUT2D eigenvalue weighted by atomic mass is 16.5. The number of carbonyl (C=O) groups excluding carboxylic acids is 2. The second-order valence-electron chi connectivity index (χ2n) is 5.52. The van der Waals surface area contributed by atoms with Gasteiger partial charge in [-0.2, -0.15) is 0 Å². The van der Waals surface area contributed by atoms with Crippen LogP contribution >= 0.6 is 0 Å². The number of carbonyl (C=O) groups is 2. The zero-order valence-corrected chi connectivity index (χ0v) is 12.3. The van der Waals surface area contributed by atoms with Crippen molar-refractivity contribution in [3.8, 4) is 0 Å². The zero-order valence-electron chi connectivity index (χ0n) is 12.3. The van der Waals surface area contributed by atoms with Crippen LogP contribution in [0.5, 0.6) is 0 Å². The molecule has 1 N–H and O–H groups in total. The Balaban J connectivity index is 2.23. The van der Waals surface area contributed by atoms with Gasteiger partial charge in [0.2, 0.25) is 0 Å². The van der Waals surface area contributed by atoms with Gasteiger partial charge in [-0.3, -0.25) is 9.69 Å². The van der Waals surface area contributed by atoms with Crippen LogP contribution in [-0.2, 0) is 16.1 Å². The number of nitrogens with one attached hydrogen (secondary N) is 1. The summed E-state index contributed by atoms with van der Waals surface area (Å²) in [4.78, 5) is 25.7. The van der Waals surface area contributed by atoms with Crippen LogP contribution in [0.4, 0.5) is 4.79 Å². The molecule has 2 rings (SSSR count). The van der Waals surface area contributed by atoms with Crippen LogP contribution in [0.3, 0.4) is 0 Å². The number of nitrogens with zero attached hydrogens (tertiary/aromatic N) is 1. The van der Waals surface area contributed by atoms with Crippen LogP contribution in [0, 0.1) is 13.8 Å². The van der Waals surface area contributed by atoms with Crippen LogP contribution in [0.25, 0.3) is 0 Å². The molecule has 20 heavy (non-hydrogen) atoms. The third kappa shape index (κ3) is 2.54. The van der Waals surface area contributed by atoms with Crippen molar-refractivity contribution in [2.75, 3.05) is 13.7 Å². The molecule has 0 aromatic heterocycles. The molecule has 1 heterocycles. The first-order valence-corrected chi connectivity index (χ1v) is 6.56. The SMILES string of the molecule is COC[C@]1(C)NC(=O)N(Cc2cc(C)ccc2C)C1=O. The Bertz CT molecular complexity index is 556. The maximum atomic E-state index is 12.4. The van der Waals surface area contributed by atoms with Crippen LogP contribution in [-0.4, -0.2) is 36.1 Å². The molecule has 108 valence electrons. The lowest BCUT2D eigenvalue weighted by molar-refractivity contribution is -0.132. The molecule has 1 aliphatic heterocycles. The van der Waals surface area contributed by atoms with Crippen molar-refractivity contribution in [3.05, 3.63) is 34.9 Å². The Labute approximate surface area is 118 Å². The quantitative estimate of drug-likeness (QED) is 0.852. The molecule has 0 bridgehead atoms. The summed E-state index contributed by atoms with van der Waals surface area (Å²) in [6.07, 6.45) is 0. The van der Waals surface area contributed by atoms with Gasteiger partial charge in [-0.1, -0.05) is 23.8 Å². The van der Waals surface area contributed by atoms with Gasteiger partial charge in [-0.15, -0.1) is 0 Å².